The molecule has 20 heavy (non-hydrogen) atoms. The van der Waals surface area contributed by atoms with Crippen LogP contribution in [-0.4, -0.2) is 51.9 Å². The molecule has 1 saturated heterocycles. The third-order valence-electron chi connectivity index (χ3n) is 4.64. The molecule has 0 aromatic carbocycles. The fourth-order valence-corrected chi connectivity index (χ4v) is 3.88. The van der Waals surface area contributed by atoms with E-state index in [2.05, 4.69) is 38.4 Å². The Morgan fingerprint density at radius 1 is 1.15 bits per heavy atom. The van der Waals surface area contributed by atoms with Crippen molar-refractivity contribution in [3.05, 3.63) is 4.77 Å². The minimum absolute atomic E-state index is 0.351. The fraction of sp³-hybridized carbons (Fsp3) is 0.857. The fourth-order valence-electron chi connectivity index (χ4n) is 3.54. The highest BCUT2D eigenvalue weighted by molar-refractivity contribution is 7.71. The summed E-state index contributed by atoms with van der Waals surface area (Å²) in [5.41, 5.74) is 0. The van der Waals surface area contributed by atoms with E-state index in [0.29, 0.717) is 6.04 Å². The molecular weight excluding hydrogens is 270 g/mol. The van der Waals surface area contributed by atoms with Crippen LogP contribution in [0.25, 0.3) is 0 Å². The Hall–Kier alpha value is -0.880. The predicted molar refractivity (Wildman–Crippen MR) is 83.8 cm³/mol. The molecule has 1 aromatic rings. The van der Waals surface area contributed by atoms with E-state index in [4.69, 9.17) is 12.2 Å². The van der Waals surface area contributed by atoms with Crippen molar-refractivity contribution in [2.75, 3.05) is 31.1 Å². The van der Waals surface area contributed by atoms with Crippen LogP contribution in [0.1, 0.15) is 45.6 Å². The van der Waals surface area contributed by atoms with Crippen LogP contribution < -0.4 is 4.90 Å². The molecule has 2 fully saturated rings. The smallest absolute Gasteiger partial charge is 0.226 e. The predicted octanol–water partition coefficient (Wildman–Crippen LogP) is 2.59. The SMILES string of the molecule is CC(C)n1c(N2CCN(C3CCCC3)CC2)n[nH]c1=S. The number of anilines is 1. The van der Waals surface area contributed by atoms with Crippen LogP contribution in [0.5, 0.6) is 0 Å². The van der Waals surface area contributed by atoms with Gasteiger partial charge in [-0.2, -0.15) is 0 Å². The van der Waals surface area contributed by atoms with Gasteiger partial charge in [-0.05, 0) is 38.9 Å². The summed E-state index contributed by atoms with van der Waals surface area (Å²) in [5.74, 6) is 1.01. The Morgan fingerprint density at radius 2 is 1.80 bits per heavy atom. The molecule has 112 valence electrons. The number of aromatic nitrogens is 3. The Kier molecular flexibility index (Phi) is 4.12. The van der Waals surface area contributed by atoms with Gasteiger partial charge >= 0.3 is 0 Å². The Bertz CT molecular complexity index is 492. The third kappa shape index (κ3) is 2.63. The monoisotopic (exact) mass is 295 g/mol. The van der Waals surface area contributed by atoms with Crippen molar-refractivity contribution in [2.24, 2.45) is 0 Å². The van der Waals surface area contributed by atoms with Crippen molar-refractivity contribution in [3.8, 4) is 0 Å². The van der Waals surface area contributed by atoms with Crippen molar-refractivity contribution in [1.29, 1.82) is 0 Å². The van der Waals surface area contributed by atoms with E-state index in [1.807, 2.05) is 0 Å². The highest BCUT2D eigenvalue weighted by atomic mass is 32.1. The first kappa shape index (κ1) is 14.1. The molecule has 0 bridgehead atoms. The number of rotatable bonds is 3. The summed E-state index contributed by atoms with van der Waals surface area (Å²) < 4.78 is 2.86. The molecule has 0 unspecified atom stereocenters. The Labute approximate surface area is 126 Å². The standard InChI is InChI=1S/C14H25N5S/c1-11(2)19-13(15-16-14(19)20)18-9-7-17(8-10-18)12-5-3-4-6-12/h11-12H,3-10H2,1-2H3,(H,16,20). The van der Waals surface area contributed by atoms with Gasteiger partial charge in [0.15, 0.2) is 4.77 Å². The average molecular weight is 295 g/mol. The molecule has 1 aliphatic heterocycles. The van der Waals surface area contributed by atoms with Crippen LogP contribution in [0, 0.1) is 4.77 Å². The molecule has 1 aromatic heterocycles. The maximum absolute atomic E-state index is 5.34. The minimum atomic E-state index is 0.351. The lowest BCUT2D eigenvalue weighted by atomic mass is 10.2. The molecule has 0 spiro atoms. The first-order valence-electron chi connectivity index (χ1n) is 7.82. The lowest BCUT2D eigenvalue weighted by molar-refractivity contribution is 0.186. The molecule has 2 aliphatic rings. The highest BCUT2D eigenvalue weighted by Crippen LogP contribution is 2.25. The average Bonchev–Trinajstić information content (AvgIpc) is 3.08. The second-order valence-corrected chi connectivity index (χ2v) is 6.64. The Morgan fingerprint density at radius 3 is 2.40 bits per heavy atom. The van der Waals surface area contributed by atoms with Crippen molar-refractivity contribution in [3.63, 3.8) is 0 Å². The number of aromatic amines is 1. The zero-order valence-corrected chi connectivity index (χ0v) is 13.3. The van der Waals surface area contributed by atoms with Crippen LogP contribution in [-0.2, 0) is 0 Å². The normalized spacial score (nSPS) is 22.1. The molecule has 0 atom stereocenters. The van der Waals surface area contributed by atoms with Gasteiger partial charge in [-0.3, -0.25) is 9.47 Å². The van der Waals surface area contributed by atoms with Gasteiger partial charge in [0, 0.05) is 38.3 Å². The van der Waals surface area contributed by atoms with E-state index in [1.165, 1.54) is 25.7 Å². The van der Waals surface area contributed by atoms with Gasteiger partial charge in [-0.1, -0.05) is 12.8 Å². The third-order valence-corrected chi connectivity index (χ3v) is 4.93. The van der Waals surface area contributed by atoms with Gasteiger partial charge in [-0.25, -0.2) is 5.10 Å². The number of piperazine rings is 1. The number of hydrogen-bond donors (Lipinski definition) is 1. The van der Waals surface area contributed by atoms with Crippen LogP contribution in [0.2, 0.25) is 0 Å². The lowest BCUT2D eigenvalue weighted by Crippen LogP contribution is -2.50. The maximum Gasteiger partial charge on any atom is 0.226 e. The van der Waals surface area contributed by atoms with Crippen molar-refractivity contribution >= 4 is 18.2 Å². The van der Waals surface area contributed by atoms with E-state index in [1.54, 1.807) is 0 Å². The van der Waals surface area contributed by atoms with E-state index >= 15 is 0 Å². The summed E-state index contributed by atoms with van der Waals surface area (Å²) >= 11 is 5.34. The highest BCUT2D eigenvalue weighted by Gasteiger charge is 2.28. The summed E-state index contributed by atoms with van der Waals surface area (Å²) in [6.07, 6.45) is 5.61. The van der Waals surface area contributed by atoms with Gasteiger partial charge in [-0.15, -0.1) is 5.10 Å². The molecule has 6 heteroatoms. The quantitative estimate of drug-likeness (QED) is 0.870. The maximum atomic E-state index is 5.34. The molecule has 1 aliphatic carbocycles. The molecule has 0 radical (unpaired) electrons. The van der Waals surface area contributed by atoms with Gasteiger partial charge in [0.25, 0.3) is 0 Å². The number of nitrogens with one attached hydrogen (secondary N) is 1. The lowest BCUT2D eigenvalue weighted by Gasteiger charge is -2.38. The second-order valence-electron chi connectivity index (χ2n) is 6.25. The topological polar surface area (TPSA) is 40.1 Å². The summed E-state index contributed by atoms with van der Waals surface area (Å²) in [6.45, 7) is 8.74. The molecule has 1 saturated carbocycles. The van der Waals surface area contributed by atoms with Crippen molar-refractivity contribution in [1.82, 2.24) is 19.7 Å². The summed E-state index contributed by atoms with van der Waals surface area (Å²) in [5, 5.41) is 7.38. The zero-order valence-electron chi connectivity index (χ0n) is 12.5. The second kappa shape index (κ2) is 5.85. The van der Waals surface area contributed by atoms with Gasteiger partial charge in [0.1, 0.15) is 0 Å². The van der Waals surface area contributed by atoms with Gasteiger partial charge in [0.2, 0.25) is 5.95 Å². The van der Waals surface area contributed by atoms with Gasteiger partial charge in [0.05, 0.1) is 0 Å². The number of H-pyrrole nitrogens is 1. The van der Waals surface area contributed by atoms with E-state index < -0.39 is 0 Å². The van der Waals surface area contributed by atoms with Crippen molar-refractivity contribution in [2.45, 2.75) is 51.6 Å². The first-order chi connectivity index (χ1) is 9.66. The zero-order chi connectivity index (χ0) is 14.1. The van der Waals surface area contributed by atoms with E-state index in [0.717, 1.165) is 42.9 Å². The minimum Gasteiger partial charge on any atom is -0.338 e. The van der Waals surface area contributed by atoms with Crippen LogP contribution in [0.4, 0.5) is 5.95 Å². The molecular formula is C14H25N5S. The van der Waals surface area contributed by atoms with Gasteiger partial charge < -0.3 is 4.90 Å². The summed E-state index contributed by atoms with van der Waals surface area (Å²) in [7, 11) is 0. The summed E-state index contributed by atoms with van der Waals surface area (Å²) in [6, 6.07) is 1.19. The van der Waals surface area contributed by atoms with E-state index in [-0.39, 0.29) is 0 Å². The van der Waals surface area contributed by atoms with Crippen LogP contribution in [0.3, 0.4) is 0 Å². The van der Waals surface area contributed by atoms with E-state index in [9.17, 15) is 0 Å². The number of hydrogen-bond acceptors (Lipinski definition) is 4. The molecule has 1 N–H and O–H groups in total. The van der Waals surface area contributed by atoms with Crippen LogP contribution in [0.15, 0.2) is 0 Å². The molecule has 3 rings (SSSR count). The van der Waals surface area contributed by atoms with Crippen molar-refractivity contribution < 1.29 is 0 Å². The largest absolute Gasteiger partial charge is 0.338 e. The Balaban J connectivity index is 1.67. The van der Waals surface area contributed by atoms with Crippen LogP contribution >= 0.6 is 12.2 Å². The molecule has 2 heterocycles. The first-order valence-corrected chi connectivity index (χ1v) is 8.23. The molecule has 5 nitrogen and oxygen atoms in total. The summed E-state index contributed by atoms with van der Waals surface area (Å²) in [4.78, 5) is 5.04. The molecule has 0 amide bonds. The number of nitrogens with zero attached hydrogens (tertiary/aromatic N) is 4.